The zero-order chi connectivity index (χ0) is 13.8. The number of carbonyl (C=O) groups excluding carboxylic acids is 1. The zero-order valence-electron chi connectivity index (χ0n) is 10.3. The molecule has 0 aliphatic heterocycles. The Morgan fingerprint density at radius 3 is 2.72 bits per heavy atom. The van der Waals surface area contributed by atoms with E-state index in [0.717, 1.165) is 6.21 Å². The molecular formula is C12H14ClFN2O2. The molecule has 0 aromatic heterocycles. The minimum atomic E-state index is -0.716. The molecule has 0 saturated heterocycles. The average molecular weight is 273 g/mol. The minimum absolute atomic E-state index is 0.107. The van der Waals surface area contributed by atoms with E-state index in [-0.39, 0.29) is 10.6 Å². The molecular weight excluding hydrogens is 259 g/mol. The number of hydrazone groups is 1. The Morgan fingerprint density at radius 2 is 2.17 bits per heavy atom. The van der Waals surface area contributed by atoms with Gasteiger partial charge in [-0.3, -0.25) is 0 Å². The predicted molar refractivity (Wildman–Crippen MR) is 68.4 cm³/mol. The van der Waals surface area contributed by atoms with Gasteiger partial charge in [-0.1, -0.05) is 17.7 Å². The second-order valence-corrected chi connectivity index (χ2v) is 4.91. The number of amides is 1. The molecule has 18 heavy (non-hydrogen) atoms. The van der Waals surface area contributed by atoms with Crippen LogP contribution in [0.3, 0.4) is 0 Å². The number of rotatable bonds is 2. The number of nitrogens with one attached hydrogen (secondary N) is 1. The Kier molecular flexibility index (Phi) is 4.67. The number of nitrogens with zero attached hydrogens (tertiary/aromatic N) is 1. The Labute approximate surface area is 110 Å². The zero-order valence-corrected chi connectivity index (χ0v) is 11.1. The van der Waals surface area contributed by atoms with Gasteiger partial charge in [0.1, 0.15) is 11.4 Å². The van der Waals surface area contributed by atoms with E-state index in [9.17, 15) is 9.18 Å². The van der Waals surface area contributed by atoms with E-state index in [2.05, 4.69) is 10.5 Å². The van der Waals surface area contributed by atoms with Gasteiger partial charge in [-0.15, -0.1) is 0 Å². The van der Waals surface area contributed by atoms with Crippen LogP contribution in [0, 0.1) is 5.82 Å². The van der Waals surface area contributed by atoms with Crippen molar-refractivity contribution in [3.63, 3.8) is 0 Å². The molecule has 0 bridgehead atoms. The van der Waals surface area contributed by atoms with Crippen LogP contribution < -0.4 is 5.43 Å². The first kappa shape index (κ1) is 14.4. The summed E-state index contributed by atoms with van der Waals surface area (Å²) in [6, 6.07) is 4.26. The monoisotopic (exact) mass is 272 g/mol. The summed E-state index contributed by atoms with van der Waals surface area (Å²) in [4.78, 5) is 11.2. The summed E-state index contributed by atoms with van der Waals surface area (Å²) >= 11 is 5.78. The van der Waals surface area contributed by atoms with Crippen LogP contribution in [-0.2, 0) is 4.74 Å². The van der Waals surface area contributed by atoms with Gasteiger partial charge in [-0.25, -0.2) is 14.6 Å². The van der Waals surface area contributed by atoms with Crippen LogP contribution in [0.4, 0.5) is 9.18 Å². The highest BCUT2D eigenvalue weighted by atomic mass is 35.5. The Balaban J connectivity index is 2.63. The largest absolute Gasteiger partial charge is 0.443 e. The van der Waals surface area contributed by atoms with Gasteiger partial charge in [0.05, 0.1) is 11.2 Å². The average Bonchev–Trinajstić information content (AvgIpc) is 2.19. The van der Waals surface area contributed by atoms with Gasteiger partial charge in [0.15, 0.2) is 0 Å². The molecule has 0 aliphatic rings. The van der Waals surface area contributed by atoms with Crippen molar-refractivity contribution in [3.8, 4) is 0 Å². The van der Waals surface area contributed by atoms with Crippen LogP contribution in [0.5, 0.6) is 0 Å². The summed E-state index contributed by atoms with van der Waals surface area (Å²) in [5.74, 6) is -0.516. The molecule has 0 aliphatic carbocycles. The number of hydrogen-bond acceptors (Lipinski definition) is 3. The lowest BCUT2D eigenvalue weighted by Crippen LogP contribution is -2.29. The summed E-state index contributed by atoms with van der Waals surface area (Å²) in [7, 11) is 0. The number of benzene rings is 1. The van der Waals surface area contributed by atoms with Crippen molar-refractivity contribution < 1.29 is 13.9 Å². The normalized spacial score (nSPS) is 11.6. The van der Waals surface area contributed by atoms with Crippen molar-refractivity contribution in [1.29, 1.82) is 0 Å². The lowest BCUT2D eigenvalue weighted by molar-refractivity contribution is 0.0529. The number of halogens is 2. The molecule has 0 radical (unpaired) electrons. The van der Waals surface area contributed by atoms with Crippen molar-refractivity contribution >= 4 is 23.9 Å². The second-order valence-electron chi connectivity index (χ2n) is 4.51. The fourth-order valence-electron chi connectivity index (χ4n) is 1.08. The predicted octanol–water partition coefficient (Wildman–Crippen LogP) is 3.34. The highest BCUT2D eigenvalue weighted by Gasteiger charge is 2.15. The van der Waals surface area contributed by atoms with E-state index >= 15 is 0 Å². The van der Waals surface area contributed by atoms with Crippen molar-refractivity contribution in [2.45, 2.75) is 26.4 Å². The maximum absolute atomic E-state index is 13.3. The minimum Gasteiger partial charge on any atom is -0.443 e. The van der Waals surface area contributed by atoms with Crippen LogP contribution >= 0.6 is 11.6 Å². The van der Waals surface area contributed by atoms with E-state index in [4.69, 9.17) is 16.3 Å². The molecule has 0 atom stereocenters. The third kappa shape index (κ3) is 4.71. The second kappa shape index (κ2) is 5.82. The van der Waals surface area contributed by atoms with E-state index in [0.29, 0.717) is 0 Å². The maximum atomic E-state index is 13.3. The third-order valence-corrected chi connectivity index (χ3v) is 2.08. The van der Waals surface area contributed by atoms with Crippen molar-refractivity contribution in [2.75, 3.05) is 0 Å². The van der Waals surface area contributed by atoms with Gasteiger partial charge in [0.25, 0.3) is 0 Å². The first-order valence-corrected chi connectivity index (χ1v) is 5.63. The Bertz CT molecular complexity index is 449. The lowest BCUT2D eigenvalue weighted by Gasteiger charge is -2.18. The summed E-state index contributed by atoms with van der Waals surface area (Å²) in [5, 5.41) is 3.79. The summed E-state index contributed by atoms with van der Waals surface area (Å²) in [6.45, 7) is 5.18. The van der Waals surface area contributed by atoms with E-state index in [1.165, 1.54) is 18.2 Å². The highest BCUT2D eigenvalue weighted by molar-refractivity contribution is 6.33. The number of hydrogen-bond donors (Lipinski definition) is 1. The van der Waals surface area contributed by atoms with Gasteiger partial charge >= 0.3 is 6.09 Å². The van der Waals surface area contributed by atoms with Crippen molar-refractivity contribution in [3.05, 3.63) is 34.6 Å². The lowest BCUT2D eigenvalue weighted by atomic mass is 10.2. The molecule has 1 N–H and O–H groups in total. The molecule has 0 heterocycles. The molecule has 0 fully saturated rings. The number of carbonyl (C=O) groups is 1. The molecule has 98 valence electrons. The van der Waals surface area contributed by atoms with E-state index < -0.39 is 17.5 Å². The topological polar surface area (TPSA) is 50.7 Å². The standard InChI is InChI=1S/C12H14ClFN2O2/c1-12(2,3)18-11(17)16-15-7-8-9(13)5-4-6-10(8)14/h4-7H,1-3H3,(H,16,17). The first-order valence-electron chi connectivity index (χ1n) is 5.25. The highest BCUT2D eigenvalue weighted by Crippen LogP contribution is 2.16. The van der Waals surface area contributed by atoms with Crippen molar-refractivity contribution in [2.24, 2.45) is 5.10 Å². The van der Waals surface area contributed by atoms with E-state index in [1.807, 2.05) is 0 Å². The quantitative estimate of drug-likeness (QED) is 0.663. The molecule has 1 amide bonds. The maximum Gasteiger partial charge on any atom is 0.428 e. The van der Waals surface area contributed by atoms with Crippen LogP contribution in [0.1, 0.15) is 26.3 Å². The van der Waals surface area contributed by atoms with Gasteiger partial charge in [0.2, 0.25) is 0 Å². The van der Waals surface area contributed by atoms with Crippen LogP contribution in [0.2, 0.25) is 5.02 Å². The van der Waals surface area contributed by atoms with Gasteiger partial charge < -0.3 is 4.74 Å². The molecule has 0 spiro atoms. The summed E-state index contributed by atoms with van der Waals surface area (Å²) in [5.41, 5.74) is 1.62. The number of ether oxygens (including phenoxy) is 1. The van der Waals surface area contributed by atoms with Crippen LogP contribution in [-0.4, -0.2) is 17.9 Å². The molecule has 4 nitrogen and oxygen atoms in total. The smallest absolute Gasteiger partial charge is 0.428 e. The third-order valence-electron chi connectivity index (χ3n) is 1.75. The fourth-order valence-corrected chi connectivity index (χ4v) is 1.30. The Hall–Kier alpha value is -1.62. The molecule has 0 saturated carbocycles. The SMILES string of the molecule is CC(C)(C)OC(=O)NN=Cc1c(F)cccc1Cl. The molecule has 1 rings (SSSR count). The fraction of sp³-hybridized carbons (Fsp3) is 0.333. The summed E-state index contributed by atoms with van der Waals surface area (Å²) in [6.07, 6.45) is 0.410. The first-order chi connectivity index (χ1) is 8.29. The molecule has 6 heteroatoms. The molecule has 1 aromatic carbocycles. The molecule has 0 unspecified atom stereocenters. The summed E-state index contributed by atoms with van der Waals surface area (Å²) < 4.78 is 18.3. The molecule has 1 aromatic rings. The van der Waals surface area contributed by atoms with Crippen LogP contribution in [0.15, 0.2) is 23.3 Å². The van der Waals surface area contributed by atoms with Gasteiger partial charge in [-0.2, -0.15) is 5.10 Å². The van der Waals surface area contributed by atoms with Gasteiger partial charge in [-0.05, 0) is 32.9 Å². The van der Waals surface area contributed by atoms with E-state index in [1.54, 1.807) is 20.8 Å². The Morgan fingerprint density at radius 1 is 1.50 bits per heavy atom. The van der Waals surface area contributed by atoms with Crippen LogP contribution in [0.25, 0.3) is 0 Å². The van der Waals surface area contributed by atoms with Crippen molar-refractivity contribution in [1.82, 2.24) is 5.43 Å². The van der Waals surface area contributed by atoms with Gasteiger partial charge in [0, 0.05) is 5.56 Å².